The highest BCUT2D eigenvalue weighted by atomic mass is 16.5. The minimum atomic E-state index is -0.294. The van der Waals surface area contributed by atoms with Crippen molar-refractivity contribution in [3.63, 3.8) is 0 Å². The Kier molecular flexibility index (Phi) is 11.3. The highest BCUT2D eigenvalue weighted by Gasteiger charge is 2.11. The van der Waals surface area contributed by atoms with Gasteiger partial charge in [0.1, 0.15) is 11.5 Å². The van der Waals surface area contributed by atoms with E-state index in [0.29, 0.717) is 46.6 Å². The smallest absolute Gasteiger partial charge is 0.311 e. The fourth-order valence-corrected chi connectivity index (χ4v) is 4.47. The van der Waals surface area contributed by atoms with Crippen LogP contribution in [-0.2, 0) is 9.59 Å². The van der Waals surface area contributed by atoms with Gasteiger partial charge in [0.15, 0.2) is 11.6 Å². The summed E-state index contributed by atoms with van der Waals surface area (Å²) in [6.07, 6.45) is 5.85. The molecule has 0 saturated heterocycles. The zero-order chi connectivity index (χ0) is 29.6. The molecular formula is C36H34O6. The summed E-state index contributed by atoms with van der Waals surface area (Å²) < 4.78 is 10.8. The van der Waals surface area contributed by atoms with E-state index in [4.69, 9.17) is 9.47 Å². The summed E-state index contributed by atoms with van der Waals surface area (Å²) in [6.45, 7) is 0. The zero-order valence-corrected chi connectivity index (χ0v) is 23.5. The van der Waals surface area contributed by atoms with Crippen molar-refractivity contribution in [2.75, 3.05) is 0 Å². The molecule has 0 heterocycles. The van der Waals surface area contributed by atoms with Crippen LogP contribution in [0, 0.1) is 0 Å². The summed E-state index contributed by atoms with van der Waals surface area (Å²) in [6, 6.07) is 31.3. The molecule has 0 amide bonds. The number of carbonyl (C=O) groups is 4. The van der Waals surface area contributed by atoms with Crippen molar-refractivity contribution in [1.29, 1.82) is 0 Å². The number of unbranched alkanes of at least 4 members (excludes halogenated alkanes) is 5. The lowest BCUT2D eigenvalue weighted by atomic mass is 10.0. The van der Waals surface area contributed by atoms with Gasteiger partial charge in [-0.1, -0.05) is 86.3 Å². The van der Waals surface area contributed by atoms with Gasteiger partial charge in [-0.15, -0.1) is 0 Å². The van der Waals surface area contributed by atoms with Crippen molar-refractivity contribution in [1.82, 2.24) is 0 Å². The number of hydrogen-bond acceptors (Lipinski definition) is 6. The lowest BCUT2D eigenvalue weighted by Gasteiger charge is -2.07. The normalized spacial score (nSPS) is 10.6. The molecule has 0 aromatic heterocycles. The standard InChI is InChI=1S/C36H34O6/c37-33(41-31-23-19-29(20-24-31)35(39)27-13-7-5-8-14-27)17-11-3-1-2-4-12-18-34(38)42-32-25-21-30(22-26-32)36(40)28-15-9-6-10-16-28/h5-10,13-16,19-26H,1-4,11-12,17-18H2. The minimum absolute atomic E-state index is 0.0754. The lowest BCUT2D eigenvalue weighted by Crippen LogP contribution is -2.08. The van der Waals surface area contributed by atoms with E-state index < -0.39 is 0 Å². The third-order valence-corrected chi connectivity index (χ3v) is 6.78. The third-order valence-electron chi connectivity index (χ3n) is 6.78. The first-order chi connectivity index (χ1) is 20.5. The monoisotopic (exact) mass is 562 g/mol. The number of esters is 2. The Morgan fingerprint density at radius 1 is 0.381 bits per heavy atom. The van der Waals surface area contributed by atoms with Gasteiger partial charge in [-0.2, -0.15) is 0 Å². The van der Waals surface area contributed by atoms with Gasteiger partial charge in [0.05, 0.1) is 0 Å². The van der Waals surface area contributed by atoms with E-state index in [0.717, 1.165) is 38.5 Å². The molecule has 6 heteroatoms. The molecule has 0 radical (unpaired) electrons. The topological polar surface area (TPSA) is 86.7 Å². The summed E-state index contributed by atoms with van der Waals surface area (Å²) in [5.41, 5.74) is 2.31. The zero-order valence-electron chi connectivity index (χ0n) is 23.5. The molecule has 0 aliphatic rings. The second-order valence-electron chi connectivity index (χ2n) is 10.0. The fraction of sp³-hybridized carbons (Fsp3) is 0.222. The van der Waals surface area contributed by atoms with Crippen molar-refractivity contribution in [3.05, 3.63) is 131 Å². The molecule has 0 fully saturated rings. The van der Waals surface area contributed by atoms with Gasteiger partial charge < -0.3 is 9.47 Å². The van der Waals surface area contributed by atoms with Gasteiger partial charge >= 0.3 is 11.9 Å². The second-order valence-corrected chi connectivity index (χ2v) is 10.0. The molecule has 0 aliphatic heterocycles. The van der Waals surface area contributed by atoms with Crippen molar-refractivity contribution in [2.45, 2.75) is 51.4 Å². The van der Waals surface area contributed by atoms with Crippen molar-refractivity contribution < 1.29 is 28.7 Å². The van der Waals surface area contributed by atoms with Gasteiger partial charge in [-0.3, -0.25) is 19.2 Å². The predicted molar refractivity (Wildman–Crippen MR) is 161 cm³/mol. The summed E-state index contributed by atoms with van der Waals surface area (Å²) in [5.74, 6) is 0.109. The minimum Gasteiger partial charge on any atom is -0.427 e. The molecule has 0 aliphatic carbocycles. The van der Waals surface area contributed by atoms with Crippen LogP contribution in [0.3, 0.4) is 0 Å². The third kappa shape index (κ3) is 9.37. The van der Waals surface area contributed by atoms with Gasteiger partial charge in [0.2, 0.25) is 0 Å². The Morgan fingerprint density at radius 2 is 0.690 bits per heavy atom. The van der Waals surface area contributed by atoms with Gasteiger partial charge in [-0.05, 0) is 61.4 Å². The molecule has 0 saturated carbocycles. The number of carbonyl (C=O) groups excluding carboxylic acids is 4. The average molecular weight is 563 g/mol. The maximum atomic E-state index is 12.5. The Morgan fingerprint density at radius 3 is 1.05 bits per heavy atom. The van der Waals surface area contributed by atoms with E-state index in [1.165, 1.54) is 0 Å². The molecule has 6 nitrogen and oxygen atoms in total. The van der Waals surface area contributed by atoms with Gasteiger partial charge in [0, 0.05) is 35.1 Å². The molecule has 42 heavy (non-hydrogen) atoms. The SMILES string of the molecule is O=C(CCCCCCCCC(=O)Oc1ccc(C(=O)c2ccccc2)cc1)Oc1ccc(C(=O)c2ccccc2)cc1. The molecule has 4 aromatic carbocycles. The lowest BCUT2D eigenvalue weighted by molar-refractivity contribution is -0.135. The second kappa shape index (κ2) is 15.8. The molecule has 4 aromatic rings. The van der Waals surface area contributed by atoms with Crippen LogP contribution >= 0.6 is 0 Å². The van der Waals surface area contributed by atoms with E-state index >= 15 is 0 Å². The maximum absolute atomic E-state index is 12.5. The highest BCUT2D eigenvalue weighted by Crippen LogP contribution is 2.18. The number of hydrogen-bond donors (Lipinski definition) is 0. The first kappa shape index (κ1) is 30.1. The van der Waals surface area contributed by atoms with Crippen LogP contribution in [0.4, 0.5) is 0 Å². The maximum Gasteiger partial charge on any atom is 0.311 e. The fourth-order valence-electron chi connectivity index (χ4n) is 4.47. The first-order valence-corrected chi connectivity index (χ1v) is 14.3. The molecule has 4 rings (SSSR count). The quantitative estimate of drug-likeness (QED) is 0.0636. The largest absolute Gasteiger partial charge is 0.427 e. The summed E-state index contributed by atoms with van der Waals surface area (Å²) in [4.78, 5) is 49.3. The Labute approximate surface area is 246 Å². The van der Waals surface area contributed by atoms with Crippen LogP contribution < -0.4 is 9.47 Å². The van der Waals surface area contributed by atoms with E-state index in [1.807, 2.05) is 36.4 Å². The van der Waals surface area contributed by atoms with Gasteiger partial charge in [-0.25, -0.2) is 0 Å². The molecule has 0 spiro atoms. The molecule has 0 unspecified atom stereocenters. The number of ether oxygens (including phenoxy) is 2. The molecule has 0 atom stereocenters. The van der Waals surface area contributed by atoms with Crippen LogP contribution in [-0.4, -0.2) is 23.5 Å². The Balaban J connectivity index is 1.04. The van der Waals surface area contributed by atoms with Crippen LogP contribution in [0.2, 0.25) is 0 Å². The van der Waals surface area contributed by atoms with Crippen molar-refractivity contribution in [2.24, 2.45) is 0 Å². The molecule has 0 N–H and O–H groups in total. The van der Waals surface area contributed by atoms with Crippen molar-refractivity contribution >= 4 is 23.5 Å². The predicted octanol–water partition coefficient (Wildman–Crippen LogP) is 7.78. The Bertz CT molecular complexity index is 1340. The number of ketones is 2. The summed E-state index contributed by atoms with van der Waals surface area (Å²) in [7, 11) is 0. The summed E-state index contributed by atoms with van der Waals surface area (Å²) >= 11 is 0. The van der Waals surface area contributed by atoms with Crippen LogP contribution in [0.15, 0.2) is 109 Å². The molecule has 214 valence electrons. The number of rotatable bonds is 15. The van der Waals surface area contributed by atoms with Gasteiger partial charge in [0.25, 0.3) is 0 Å². The summed E-state index contributed by atoms with van der Waals surface area (Å²) in [5, 5.41) is 0. The van der Waals surface area contributed by atoms with E-state index in [-0.39, 0.29) is 23.5 Å². The average Bonchev–Trinajstić information content (AvgIpc) is 3.03. The van der Waals surface area contributed by atoms with E-state index in [2.05, 4.69) is 0 Å². The molecular weight excluding hydrogens is 528 g/mol. The van der Waals surface area contributed by atoms with E-state index in [1.54, 1.807) is 72.8 Å². The van der Waals surface area contributed by atoms with E-state index in [9.17, 15) is 19.2 Å². The number of benzene rings is 4. The van der Waals surface area contributed by atoms with Crippen LogP contribution in [0.5, 0.6) is 11.5 Å². The highest BCUT2D eigenvalue weighted by molar-refractivity contribution is 6.09. The Hall–Kier alpha value is -4.84. The first-order valence-electron chi connectivity index (χ1n) is 14.3. The van der Waals surface area contributed by atoms with Crippen molar-refractivity contribution in [3.8, 4) is 11.5 Å². The van der Waals surface area contributed by atoms with Crippen LogP contribution in [0.25, 0.3) is 0 Å². The van der Waals surface area contributed by atoms with Crippen LogP contribution in [0.1, 0.15) is 83.2 Å². The molecule has 0 bridgehead atoms.